The molecule has 1 aromatic rings. The quantitative estimate of drug-likeness (QED) is 0.690. The van der Waals surface area contributed by atoms with Crippen LogP contribution < -0.4 is 5.19 Å². The molecule has 3 rings (SSSR count). The number of fused-ring (bicyclic) bond motifs is 1. The van der Waals surface area contributed by atoms with Gasteiger partial charge in [-0.15, -0.1) is 6.58 Å². The van der Waals surface area contributed by atoms with Crippen LogP contribution in [-0.2, 0) is 9.53 Å². The molecule has 29 heavy (non-hydrogen) atoms. The first-order valence-corrected chi connectivity index (χ1v) is 13.3. The zero-order chi connectivity index (χ0) is 21.6. The van der Waals surface area contributed by atoms with Gasteiger partial charge in [-0.25, -0.2) is 4.79 Å². The highest BCUT2D eigenvalue weighted by molar-refractivity contribution is 6.95. The van der Waals surface area contributed by atoms with E-state index < -0.39 is 19.2 Å². The second kappa shape index (κ2) is 7.28. The smallest absolute Gasteiger partial charge is 0.411 e. The van der Waals surface area contributed by atoms with E-state index in [1.54, 1.807) is 6.08 Å². The number of nitrogens with zero attached hydrogens (tertiary/aromatic N) is 1. The van der Waals surface area contributed by atoms with Crippen LogP contribution in [0.3, 0.4) is 0 Å². The molecule has 156 valence electrons. The fraction of sp³-hybridized carbons (Fsp3) is 0.500. The highest BCUT2D eigenvalue weighted by atomic mass is 28.3. The monoisotopic (exact) mass is 411 g/mol. The molecule has 1 amide bonds. The van der Waals surface area contributed by atoms with Crippen LogP contribution in [0.5, 0.6) is 0 Å². The van der Waals surface area contributed by atoms with E-state index in [9.17, 15) is 9.59 Å². The Balaban J connectivity index is 1.97. The molecule has 0 unspecified atom stereocenters. The second-order valence-corrected chi connectivity index (χ2v) is 14.5. The molecule has 1 aliphatic heterocycles. The normalized spacial score (nSPS) is 27.0. The Morgan fingerprint density at radius 2 is 1.86 bits per heavy atom. The fourth-order valence-corrected chi connectivity index (χ4v) is 7.30. The third kappa shape index (κ3) is 3.97. The molecule has 2 aliphatic rings. The van der Waals surface area contributed by atoms with Crippen LogP contribution in [0.1, 0.15) is 34.1 Å². The number of hydrogen-bond acceptors (Lipinski definition) is 3. The van der Waals surface area contributed by atoms with Crippen LogP contribution >= 0.6 is 0 Å². The molecule has 0 N–H and O–H groups in total. The Bertz CT molecular complexity index is 853. The third-order valence-corrected chi connectivity index (χ3v) is 10.3. The van der Waals surface area contributed by atoms with Crippen molar-refractivity contribution in [3.8, 4) is 0 Å². The van der Waals surface area contributed by atoms with Gasteiger partial charge in [0.2, 0.25) is 0 Å². The number of allylic oxidation sites excluding steroid dienone is 1. The molecule has 3 atom stereocenters. The number of carbonyl (C=O) groups excluding carboxylic acids is 2. The highest BCUT2D eigenvalue weighted by Crippen LogP contribution is 2.48. The lowest BCUT2D eigenvalue weighted by Gasteiger charge is -2.40. The number of benzene rings is 1. The molecular weight excluding hydrogens is 378 g/mol. The summed E-state index contributed by atoms with van der Waals surface area (Å²) in [4.78, 5) is 27.2. The Hall–Kier alpha value is -2.14. The van der Waals surface area contributed by atoms with Gasteiger partial charge in [0.05, 0.1) is 5.54 Å². The van der Waals surface area contributed by atoms with Crippen LogP contribution in [0, 0.1) is 11.8 Å². The van der Waals surface area contributed by atoms with Gasteiger partial charge < -0.3 is 4.74 Å². The Morgan fingerprint density at radius 3 is 2.45 bits per heavy atom. The maximum Gasteiger partial charge on any atom is 0.411 e. The van der Waals surface area contributed by atoms with Gasteiger partial charge >= 0.3 is 6.09 Å². The SMILES string of the molecule is C=C([C@@H]1CN(C(=O)OC(C)(C)C)[C@]2(C)C=CC(=O)C[C@H]12)[Si](C)(C)c1ccccc1. The maximum absolute atomic E-state index is 13.1. The Kier molecular flexibility index (Phi) is 5.41. The van der Waals surface area contributed by atoms with Gasteiger partial charge in [0.1, 0.15) is 13.7 Å². The number of carbonyl (C=O) groups is 2. The fourth-order valence-electron chi connectivity index (χ4n) is 4.68. The van der Waals surface area contributed by atoms with E-state index in [0.29, 0.717) is 13.0 Å². The van der Waals surface area contributed by atoms with Gasteiger partial charge in [0.25, 0.3) is 0 Å². The predicted molar refractivity (Wildman–Crippen MR) is 120 cm³/mol. The highest BCUT2D eigenvalue weighted by Gasteiger charge is 2.56. The largest absolute Gasteiger partial charge is 0.444 e. The van der Waals surface area contributed by atoms with Crippen molar-refractivity contribution in [2.75, 3.05) is 6.54 Å². The van der Waals surface area contributed by atoms with Crippen molar-refractivity contribution in [3.63, 3.8) is 0 Å². The molecule has 0 bridgehead atoms. The van der Waals surface area contributed by atoms with Crippen molar-refractivity contribution < 1.29 is 14.3 Å². The van der Waals surface area contributed by atoms with E-state index in [1.165, 1.54) is 10.4 Å². The van der Waals surface area contributed by atoms with Crippen LogP contribution in [0.15, 0.2) is 54.3 Å². The number of amides is 1. The first kappa shape index (κ1) is 21.6. The van der Waals surface area contributed by atoms with Gasteiger partial charge in [-0.3, -0.25) is 9.69 Å². The summed E-state index contributed by atoms with van der Waals surface area (Å²) in [6.07, 6.45) is 3.64. The summed E-state index contributed by atoms with van der Waals surface area (Å²) in [5.74, 6) is 0.217. The first-order chi connectivity index (χ1) is 13.4. The number of ketones is 1. The van der Waals surface area contributed by atoms with E-state index in [4.69, 9.17) is 4.74 Å². The number of hydrogen-bond donors (Lipinski definition) is 0. The van der Waals surface area contributed by atoms with E-state index in [2.05, 4.69) is 50.9 Å². The third-order valence-electron chi connectivity index (χ3n) is 6.58. The molecule has 1 aliphatic carbocycles. The van der Waals surface area contributed by atoms with Crippen LogP contribution in [0.25, 0.3) is 0 Å². The minimum Gasteiger partial charge on any atom is -0.444 e. The Morgan fingerprint density at radius 1 is 1.24 bits per heavy atom. The maximum atomic E-state index is 13.1. The lowest BCUT2D eigenvalue weighted by atomic mass is 9.74. The molecule has 1 saturated heterocycles. The summed E-state index contributed by atoms with van der Waals surface area (Å²) in [5, 5.41) is 2.51. The number of likely N-dealkylation sites (tertiary alicyclic amines) is 1. The summed E-state index contributed by atoms with van der Waals surface area (Å²) in [6, 6.07) is 10.5. The standard InChI is InChI=1S/C24H33NO3Si/c1-17(29(6,7)19-11-9-8-10-12-19)20-16-25(22(27)28-23(2,3)4)24(5)14-13-18(26)15-21(20)24/h8-14,20-21H,1,15-16H2,2-7H3/t20-,21+,24+/m0/s1. The van der Waals surface area contributed by atoms with E-state index in [1.807, 2.05) is 37.8 Å². The van der Waals surface area contributed by atoms with E-state index >= 15 is 0 Å². The molecule has 1 heterocycles. The molecule has 0 spiro atoms. The van der Waals surface area contributed by atoms with Crippen molar-refractivity contribution in [2.24, 2.45) is 11.8 Å². The van der Waals surface area contributed by atoms with E-state index in [0.717, 1.165) is 0 Å². The number of ether oxygens (including phenoxy) is 1. The second-order valence-electron chi connectivity index (χ2n) is 10.0. The lowest BCUT2D eigenvalue weighted by Crippen LogP contribution is -2.50. The van der Waals surface area contributed by atoms with Gasteiger partial charge in [0.15, 0.2) is 5.78 Å². The summed E-state index contributed by atoms with van der Waals surface area (Å²) in [6.45, 7) is 17.4. The van der Waals surface area contributed by atoms with Gasteiger partial charge in [-0.2, -0.15) is 0 Å². The molecule has 0 aromatic heterocycles. The first-order valence-electron chi connectivity index (χ1n) is 10.3. The molecule has 1 fully saturated rings. The molecule has 5 heteroatoms. The average Bonchev–Trinajstić information content (AvgIpc) is 2.93. The van der Waals surface area contributed by atoms with Gasteiger partial charge in [-0.1, -0.05) is 59.9 Å². The lowest BCUT2D eigenvalue weighted by molar-refractivity contribution is -0.116. The topological polar surface area (TPSA) is 46.6 Å². The van der Waals surface area contributed by atoms with E-state index in [-0.39, 0.29) is 23.7 Å². The van der Waals surface area contributed by atoms with Gasteiger partial charge in [0, 0.05) is 18.9 Å². The Labute approximate surface area is 175 Å². The minimum atomic E-state index is -2.00. The van der Waals surface area contributed by atoms with Crippen molar-refractivity contribution in [3.05, 3.63) is 54.3 Å². The summed E-state index contributed by atoms with van der Waals surface area (Å²) < 4.78 is 5.71. The van der Waals surface area contributed by atoms with Crippen LogP contribution in [-0.4, -0.2) is 42.5 Å². The summed E-state index contributed by atoms with van der Waals surface area (Å²) >= 11 is 0. The zero-order valence-electron chi connectivity index (χ0n) is 18.5. The van der Waals surface area contributed by atoms with Crippen LogP contribution in [0.2, 0.25) is 13.1 Å². The van der Waals surface area contributed by atoms with Crippen molar-refractivity contribution >= 4 is 25.1 Å². The molecule has 4 nitrogen and oxygen atoms in total. The van der Waals surface area contributed by atoms with Crippen LogP contribution in [0.4, 0.5) is 4.79 Å². The zero-order valence-corrected chi connectivity index (χ0v) is 19.5. The van der Waals surface area contributed by atoms with Crippen molar-refractivity contribution in [1.82, 2.24) is 4.90 Å². The molecular formula is C24H33NO3Si. The molecule has 0 saturated carbocycles. The summed E-state index contributed by atoms with van der Waals surface area (Å²) in [7, 11) is -2.00. The molecule has 1 aromatic carbocycles. The molecule has 0 radical (unpaired) electrons. The average molecular weight is 412 g/mol. The van der Waals surface area contributed by atoms with Crippen molar-refractivity contribution in [1.29, 1.82) is 0 Å². The number of rotatable bonds is 3. The van der Waals surface area contributed by atoms with Crippen molar-refractivity contribution in [2.45, 2.75) is 58.3 Å². The predicted octanol–water partition coefficient (Wildman–Crippen LogP) is 4.47. The van der Waals surface area contributed by atoms with Gasteiger partial charge in [-0.05, 0) is 39.7 Å². The summed E-state index contributed by atoms with van der Waals surface area (Å²) in [5.41, 5.74) is -1.10. The minimum absolute atomic E-state index is 0.0236.